The summed E-state index contributed by atoms with van der Waals surface area (Å²) in [6, 6.07) is -1.98. The second-order valence-electron chi connectivity index (χ2n) is 17.8. The van der Waals surface area contributed by atoms with Crippen molar-refractivity contribution in [3.05, 3.63) is 0 Å². The van der Waals surface area contributed by atoms with E-state index in [-0.39, 0.29) is 78.0 Å². The van der Waals surface area contributed by atoms with Crippen LogP contribution in [0.5, 0.6) is 0 Å². The van der Waals surface area contributed by atoms with Gasteiger partial charge in [0.05, 0.1) is 13.1 Å². The molecule has 2 atom stereocenters. The first-order chi connectivity index (χ1) is 24.5. The third kappa shape index (κ3) is 22.1. The van der Waals surface area contributed by atoms with E-state index in [0.717, 1.165) is 0 Å². The first-order valence-corrected chi connectivity index (χ1v) is 18.8. The van der Waals surface area contributed by atoms with Gasteiger partial charge in [-0.1, -0.05) is 0 Å². The second-order valence-corrected chi connectivity index (χ2v) is 17.8. The summed E-state index contributed by atoms with van der Waals surface area (Å²) in [4.78, 5) is 84.4. The molecule has 0 amide bonds. The maximum atomic E-state index is 13.7. The molecule has 1 rings (SSSR count). The van der Waals surface area contributed by atoms with Gasteiger partial charge in [-0.25, -0.2) is 0 Å². The highest BCUT2D eigenvalue weighted by Gasteiger charge is 2.35. The van der Waals surface area contributed by atoms with Gasteiger partial charge >= 0.3 is 35.8 Å². The van der Waals surface area contributed by atoms with Gasteiger partial charge < -0.3 is 29.2 Å². The van der Waals surface area contributed by atoms with E-state index in [1.807, 2.05) is 9.80 Å². The summed E-state index contributed by atoms with van der Waals surface area (Å²) in [5, 5.41) is 19.2. The van der Waals surface area contributed by atoms with Gasteiger partial charge in [-0.15, -0.1) is 0 Å². The van der Waals surface area contributed by atoms with Gasteiger partial charge in [0, 0.05) is 65.2 Å². The van der Waals surface area contributed by atoms with Crippen LogP contribution in [0.3, 0.4) is 0 Å². The number of carboxylic acid groups (broad SMARTS) is 2. The molecule has 0 aliphatic carbocycles. The fourth-order valence-corrected chi connectivity index (χ4v) is 5.74. The van der Waals surface area contributed by atoms with E-state index >= 15 is 0 Å². The Kier molecular flexibility index (Phi) is 19.0. The van der Waals surface area contributed by atoms with E-state index in [2.05, 4.69) is 0 Å². The molecule has 16 nitrogen and oxygen atoms in total. The van der Waals surface area contributed by atoms with Crippen molar-refractivity contribution >= 4 is 35.8 Å². The number of carboxylic acids is 2. The number of ether oxygens (including phenoxy) is 4. The second kappa shape index (κ2) is 21.1. The van der Waals surface area contributed by atoms with Gasteiger partial charge in [0.15, 0.2) is 0 Å². The van der Waals surface area contributed by atoms with Crippen molar-refractivity contribution in [1.82, 2.24) is 19.6 Å². The number of nitrogens with zero attached hydrogens (tertiary/aromatic N) is 4. The SMILES string of the molecule is CC(C)(C)OC(=O)CN1CCN(CC(=O)OC(C)(C)C)CCN(C(CCC(=O)O)C(=O)OC(C)(C)C)CCN(C(CCC(=O)O)C(=O)OC(C)(C)C)CC1. The number of hydrogen-bond acceptors (Lipinski definition) is 14. The Hall–Kier alpha value is -3.34. The third-order valence-electron chi connectivity index (χ3n) is 7.86. The molecule has 0 aromatic carbocycles. The summed E-state index contributed by atoms with van der Waals surface area (Å²) in [7, 11) is 0. The van der Waals surface area contributed by atoms with Crippen molar-refractivity contribution in [1.29, 1.82) is 0 Å². The molecule has 0 aromatic rings. The fourth-order valence-electron chi connectivity index (χ4n) is 5.74. The number of esters is 4. The highest BCUT2D eigenvalue weighted by atomic mass is 16.6. The van der Waals surface area contributed by atoms with E-state index in [1.54, 1.807) is 92.9 Å². The van der Waals surface area contributed by atoms with Crippen LogP contribution >= 0.6 is 0 Å². The summed E-state index contributed by atoms with van der Waals surface area (Å²) >= 11 is 0. The normalized spacial score (nSPS) is 18.0. The lowest BCUT2D eigenvalue weighted by Crippen LogP contribution is -2.55. The topological polar surface area (TPSA) is 193 Å². The summed E-state index contributed by atoms with van der Waals surface area (Å²) in [5.74, 6) is -4.32. The van der Waals surface area contributed by atoms with Crippen molar-refractivity contribution in [3.63, 3.8) is 0 Å². The zero-order chi connectivity index (χ0) is 41.7. The number of hydrogen-bond donors (Lipinski definition) is 2. The molecule has 2 unspecified atom stereocenters. The summed E-state index contributed by atoms with van der Waals surface area (Å²) in [6.07, 6.45) is -0.752. The molecule has 1 heterocycles. The number of carbonyl (C=O) groups excluding carboxylic acids is 4. The lowest BCUT2D eigenvalue weighted by atomic mass is 10.1. The van der Waals surface area contributed by atoms with E-state index in [4.69, 9.17) is 18.9 Å². The highest BCUT2D eigenvalue weighted by Crippen LogP contribution is 2.20. The zero-order valence-corrected chi connectivity index (χ0v) is 34.8. The highest BCUT2D eigenvalue weighted by molar-refractivity contribution is 5.78. The van der Waals surface area contributed by atoms with Gasteiger partial charge in [0.25, 0.3) is 0 Å². The van der Waals surface area contributed by atoms with Crippen molar-refractivity contribution in [2.45, 2.75) is 143 Å². The van der Waals surface area contributed by atoms with Crippen LogP contribution in [-0.2, 0) is 47.7 Å². The molecule has 312 valence electrons. The van der Waals surface area contributed by atoms with E-state index in [9.17, 15) is 39.0 Å². The lowest BCUT2D eigenvalue weighted by molar-refractivity contribution is -0.165. The predicted octanol–water partition coefficient (Wildman–Crippen LogP) is 3.04. The Morgan fingerprint density at radius 1 is 0.463 bits per heavy atom. The molecule has 0 saturated carbocycles. The Bertz CT molecular complexity index is 1170. The molecule has 0 bridgehead atoms. The fraction of sp³-hybridized carbons (Fsp3) is 0.842. The predicted molar refractivity (Wildman–Crippen MR) is 201 cm³/mol. The summed E-state index contributed by atoms with van der Waals surface area (Å²) in [5.41, 5.74) is -3.19. The molecule has 0 spiro atoms. The largest absolute Gasteiger partial charge is 0.481 e. The van der Waals surface area contributed by atoms with Crippen LogP contribution < -0.4 is 0 Å². The van der Waals surface area contributed by atoms with Gasteiger partial charge in [-0.3, -0.25) is 48.4 Å². The summed E-state index contributed by atoms with van der Waals surface area (Å²) in [6.45, 7) is 22.5. The monoisotopic (exact) mass is 772 g/mol. The minimum absolute atomic E-state index is 0.0610. The Morgan fingerprint density at radius 2 is 0.722 bits per heavy atom. The van der Waals surface area contributed by atoms with Crippen LogP contribution in [0.25, 0.3) is 0 Å². The van der Waals surface area contributed by atoms with Gasteiger partial charge in [-0.2, -0.15) is 0 Å². The molecule has 1 fully saturated rings. The van der Waals surface area contributed by atoms with Crippen LogP contribution in [0.2, 0.25) is 0 Å². The van der Waals surface area contributed by atoms with Crippen LogP contribution in [0.15, 0.2) is 0 Å². The molecule has 54 heavy (non-hydrogen) atoms. The minimum atomic E-state index is -1.09. The molecule has 1 aliphatic heterocycles. The van der Waals surface area contributed by atoms with Gasteiger partial charge in [0.2, 0.25) is 0 Å². The maximum Gasteiger partial charge on any atom is 0.323 e. The third-order valence-corrected chi connectivity index (χ3v) is 7.86. The standard InChI is InChI=1S/C38H68N4O12/c1-35(2,3)51-31(47)25-39-17-18-40(26-32(48)52-36(4,5)6)20-22-42(28(14-16-30(45)46)34(50)54-38(10,11)12)24-23-41(21-19-39)27(13-15-29(43)44)33(49)53-37(7,8)9/h27-28H,13-26H2,1-12H3,(H,43,44)(H,45,46). The van der Waals surface area contributed by atoms with Crippen molar-refractivity contribution in [2.75, 3.05) is 65.4 Å². The van der Waals surface area contributed by atoms with E-state index in [0.29, 0.717) is 13.1 Å². The molecule has 1 saturated heterocycles. The van der Waals surface area contributed by atoms with E-state index in [1.165, 1.54) is 0 Å². The minimum Gasteiger partial charge on any atom is -0.481 e. The Balaban J connectivity index is 3.77. The molecule has 0 radical (unpaired) electrons. The van der Waals surface area contributed by atoms with Crippen molar-refractivity contribution in [2.24, 2.45) is 0 Å². The Labute approximate surface area is 321 Å². The van der Waals surface area contributed by atoms with Crippen LogP contribution in [-0.4, -0.2) is 166 Å². The molecular weight excluding hydrogens is 704 g/mol. The van der Waals surface area contributed by atoms with Gasteiger partial charge in [0.1, 0.15) is 34.5 Å². The average Bonchev–Trinajstić information content (AvgIpc) is 2.93. The van der Waals surface area contributed by atoms with Crippen LogP contribution in [0.1, 0.15) is 109 Å². The van der Waals surface area contributed by atoms with Crippen LogP contribution in [0, 0.1) is 0 Å². The molecule has 2 N–H and O–H groups in total. The zero-order valence-electron chi connectivity index (χ0n) is 34.8. The molecule has 0 aromatic heterocycles. The lowest BCUT2D eigenvalue weighted by Gasteiger charge is -2.39. The smallest absolute Gasteiger partial charge is 0.323 e. The molecule has 1 aliphatic rings. The molecular formula is C38H68N4O12. The van der Waals surface area contributed by atoms with Crippen molar-refractivity contribution < 1.29 is 57.9 Å². The number of rotatable bonds is 14. The first-order valence-electron chi connectivity index (χ1n) is 18.8. The van der Waals surface area contributed by atoms with Gasteiger partial charge in [-0.05, 0) is 95.9 Å². The first kappa shape index (κ1) is 48.7. The average molecular weight is 773 g/mol. The molecule has 16 heteroatoms. The number of aliphatic carboxylic acids is 2. The summed E-state index contributed by atoms with van der Waals surface area (Å²) < 4.78 is 22.7. The maximum absolute atomic E-state index is 13.7. The van der Waals surface area contributed by atoms with Crippen LogP contribution in [0.4, 0.5) is 0 Å². The number of carbonyl (C=O) groups is 6. The van der Waals surface area contributed by atoms with Crippen molar-refractivity contribution in [3.8, 4) is 0 Å². The van der Waals surface area contributed by atoms with E-state index < -0.39 is 70.3 Å². The Morgan fingerprint density at radius 3 is 0.981 bits per heavy atom. The quantitative estimate of drug-likeness (QED) is 0.193.